The predicted molar refractivity (Wildman–Crippen MR) is 37.7 cm³/mol. The summed E-state index contributed by atoms with van der Waals surface area (Å²) in [5.41, 5.74) is 9.42. The van der Waals surface area contributed by atoms with Crippen molar-refractivity contribution in [1.82, 2.24) is 0 Å². The van der Waals surface area contributed by atoms with E-state index in [9.17, 15) is 0 Å². The minimum atomic E-state index is 0.971. The van der Waals surface area contributed by atoms with Gasteiger partial charge >= 0.3 is 0 Å². The lowest BCUT2D eigenvalue weighted by atomic mass is 10.2. The summed E-state index contributed by atoms with van der Waals surface area (Å²) in [7, 11) is 0. The van der Waals surface area contributed by atoms with Crippen LogP contribution >= 0.6 is 0 Å². The first-order valence-electron chi connectivity index (χ1n) is 3.22. The standard InChI is InChI=1S/C8H9N/c9-8-5-4-6-2-1-3-7(6)8/h1,3,5H,2,4,9H2. The fourth-order valence-electron chi connectivity index (χ4n) is 1.38. The van der Waals surface area contributed by atoms with Gasteiger partial charge in [0.1, 0.15) is 0 Å². The molecule has 0 amide bonds. The SMILES string of the molecule is NC1=CCC2=C1C=CC2. The van der Waals surface area contributed by atoms with Crippen LogP contribution in [-0.2, 0) is 0 Å². The first-order valence-corrected chi connectivity index (χ1v) is 3.22. The average Bonchev–Trinajstić information content (AvgIpc) is 2.35. The molecule has 1 nitrogen and oxygen atoms in total. The third-order valence-electron chi connectivity index (χ3n) is 1.91. The van der Waals surface area contributed by atoms with Gasteiger partial charge in [-0.1, -0.05) is 23.8 Å². The summed E-state index contributed by atoms with van der Waals surface area (Å²) in [6.07, 6.45) is 8.58. The molecule has 0 aromatic rings. The Bertz CT molecular complexity index is 231. The van der Waals surface area contributed by atoms with Gasteiger partial charge in [-0.15, -0.1) is 0 Å². The highest BCUT2D eigenvalue weighted by molar-refractivity contribution is 5.51. The maximum Gasteiger partial charge on any atom is 0.0350 e. The topological polar surface area (TPSA) is 26.0 Å². The quantitative estimate of drug-likeness (QED) is 0.513. The van der Waals surface area contributed by atoms with E-state index >= 15 is 0 Å². The molecule has 0 heterocycles. The predicted octanol–water partition coefficient (Wildman–Crippen LogP) is 1.49. The molecule has 0 unspecified atom stereocenters. The fraction of sp³-hybridized carbons (Fsp3) is 0.250. The molecule has 0 saturated carbocycles. The zero-order chi connectivity index (χ0) is 6.27. The van der Waals surface area contributed by atoms with Crippen LogP contribution < -0.4 is 5.73 Å². The molecule has 0 radical (unpaired) electrons. The van der Waals surface area contributed by atoms with Gasteiger partial charge < -0.3 is 5.73 Å². The number of rotatable bonds is 0. The van der Waals surface area contributed by atoms with Crippen LogP contribution in [0.15, 0.2) is 35.1 Å². The van der Waals surface area contributed by atoms with Crippen molar-refractivity contribution in [1.29, 1.82) is 0 Å². The Kier molecular flexibility index (Phi) is 0.810. The molecule has 0 aliphatic heterocycles. The second-order valence-corrected chi connectivity index (χ2v) is 2.49. The van der Waals surface area contributed by atoms with E-state index in [0.29, 0.717) is 0 Å². The van der Waals surface area contributed by atoms with Crippen molar-refractivity contribution in [3.05, 3.63) is 35.1 Å². The Morgan fingerprint density at radius 3 is 3.00 bits per heavy atom. The molecule has 0 fully saturated rings. The molecule has 0 atom stereocenters. The van der Waals surface area contributed by atoms with Gasteiger partial charge in [0, 0.05) is 5.70 Å². The third kappa shape index (κ3) is 0.545. The van der Waals surface area contributed by atoms with E-state index in [1.807, 2.05) is 0 Å². The van der Waals surface area contributed by atoms with Gasteiger partial charge in [-0.05, 0) is 18.4 Å². The Morgan fingerprint density at radius 1 is 1.33 bits per heavy atom. The molecule has 2 N–H and O–H groups in total. The van der Waals surface area contributed by atoms with Gasteiger partial charge in [-0.3, -0.25) is 0 Å². The van der Waals surface area contributed by atoms with Crippen molar-refractivity contribution in [2.75, 3.05) is 0 Å². The molecule has 0 aromatic heterocycles. The van der Waals surface area contributed by atoms with E-state index in [4.69, 9.17) is 5.73 Å². The molecule has 46 valence electrons. The average molecular weight is 119 g/mol. The monoisotopic (exact) mass is 119 g/mol. The van der Waals surface area contributed by atoms with E-state index in [1.165, 1.54) is 11.1 Å². The van der Waals surface area contributed by atoms with E-state index in [2.05, 4.69) is 18.2 Å². The summed E-state index contributed by atoms with van der Waals surface area (Å²) in [6, 6.07) is 0. The number of hydrogen-bond donors (Lipinski definition) is 1. The maximum atomic E-state index is 5.67. The van der Waals surface area contributed by atoms with Crippen LogP contribution in [-0.4, -0.2) is 0 Å². The first-order chi connectivity index (χ1) is 4.38. The van der Waals surface area contributed by atoms with Crippen molar-refractivity contribution >= 4 is 0 Å². The van der Waals surface area contributed by atoms with E-state index in [-0.39, 0.29) is 0 Å². The summed E-state index contributed by atoms with van der Waals surface area (Å²) >= 11 is 0. The Morgan fingerprint density at radius 2 is 2.22 bits per heavy atom. The second kappa shape index (κ2) is 1.50. The summed E-state index contributed by atoms with van der Waals surface area (Å²) in [5, 5.41) is 0. The fourth-order valence-corrected chi connectivity index (χ4v) is 1.38. The summed E-state index contributed by atoms with van der Waals surface area (Å²) in [6.45, 7) is 0. The molecule has 0 spiro atoms. The second-order valence-electron chi connectivity index (χ2n) is 2.49. The van der Waals surface area contributed by atoms with E-state index in [0.717, 1.165) is 18.5 Å². The Balaban J connectivity index is 2.44. The van der Waals surface area contributed by atoms with Gasteiger partial charge in [-0.25, -0.2) is 0 Å². The molecule has 0 bridgehead atoms. The molecule has 9 heavy (non-hydrogen) atoms. The lowest BCUT2D eigenvalue weighted by Gasteiger charge is -1.92. The minimum absolute atomic E-state index is 0.971. The molecule has 2 aliphatic carbocycles. The van der Waals surface area contributed by atoms with Crippen LogP contribution in [0.4, 0.5) is 0 Å². The summed E-state index contributed by atoms with van der Waals surface area (Å²) in [5.74, 6) is 0. The Hall–Kier alpha value is -0.980. The van der Waals surface area contributed by atoms with Gasteiger partial charge in [-0.2, -0.15) is 0 Å². The number of nitrogens with two attached hydrogens (primary N) is 1. The van der Waals surface area contributed by atoms with Gasteiger partial charge in [0.05, 0.1) is 0 Å². The molecular formula is C8H9N. The lowest BCUT2D eigenvalue weighted by molar-refractivity contribution is 1.15. The number of hydrogen-bond acceptors (Lipinski definition) is 1. The highest BCUT2D eigenvalue weighted by Crippen LogP contribution is 2.31. The zero-order valence-corrected chi connectivity index (χ0v) is 5.22. The van der Waals surface area contributed by atoms with Gasteiger partial charge in [0.15, 0.2) is 0 Å². The molecule has 2 aliphatic rings. The van der Waals surface area contributed by atoms with Crippen LogP contribution in [0.1, 0.15) is 12.8 Å². The molecule has 0 saturated heterocycles. The highest BCUT2D eigenvalue weighted by atomic mass is 14.6. The van der Waals surface area contributed by atoms with Crippen LogP contribution in [0.25, 0.3) is 0 Å². The first kappa shape index (κ1) is 4.86. The number of allylic oxidation sites excluding steroid dienone is 4. The molecule has 1 heteroatoms. The van der Waals surface area contributed by atoms with Crippen LogP contribution in [0.3, 0.4) is 0 Å². The van der Waals surface area contributed by atoms with Crippen molar-refractivity contribution in [3.63, 3.8) is 0 Å². The highest BCUT2D eigenvalue weighted by Gasteiger charge is 2.14. The molecule has 2 rings (SSSR count). The van der Waals surface area contributed by atoms with Crippen molar-refractivity contribution in [2.45, 2.75) is 12.8 Å². The largest absolute Gasteiger partial charge is 0.398 e. The van der Waals surface area contributed by atoms with Crippen molar-refractivity contribution in [2.24, 2.45) is 5.73 Å². The normalized spacial score (nSPS) is 22.9. The smallest absolute Gasteiger partial charge is 0.0350 e. The molecule has 0 aromatic carbocycles. The van der Waals surface area contributed by atoms with Crippen LogP contribution in [0.5, 0.6) is 0 Å². The molecular weight excluding hydrogens is 110 g/mol. The Labute approximate surface area is 54.6 Å². The van der Waals surface area contributed by atoms with Crippen LogP contribution in [0.2, 0.25) is 0 Å². The zero-order valence-electron chi connectivity index (χ0n) is 5.22. The van der Waals surface area contributed by atoms with Gasteiger partial charge in [0.2, 0.25) is 0 Å². The van der Waals surface area contributed by atoms with Crippen LogP contribution in [0, 0.1) is 0 Å². The summed E-state index contributed by atoms with van der Waals surface area (Å²) < 4.78 is 0. The van der Waals surface area contributed by atoms with Gasteiger partial charge in [0.25, 0.3) is 0 Å². The van der Waals surface area contributed by atoms with Crippen molar-refractivity contribution < 1.29 is 0 Å². The van der Waals surface area contributed by atoms with E-state index in [1.54, 1.807) is 0 Å². The maximum absolute atomic E-state index is 5.67. The third-order valence-corrected chi connectivity index (χ3v) is 1.91. The van der Waals surface area contributed by atoms with Crippen molar-refractivity contribution in [3.8, 4) is 0 Å². The van der Waals surface area contributed by atoms with E-state index < -0.39 is 0 Å². The minimum Gasteiger partial charge on any atom is -0.398 e. The lowest BCUT2D eigenvalue weighted by Crippen LogP contribution is -1.94. The summed E-state index contributed by atoms with van der Waals surface area (Å²) in [4.78, 5) is 0.